The maximum Gasteiger partial charge on any atom is 0.417 e. The molecule has 0 radical (unpaired) electrons. The third-order valence-corrected chi connectivity index (χ3v) is 3.77. The Morgan fingerprint density at radius 3 is 2.44 bits per heavy atom. The lowest BCUT2D eigenvalue weighted by Crippen LogP contribution is -2.51. The number of nitrogens with one attached hydrogen (secondary N) is 2. The molecule has 0 amide bonds. The molecule has 2 atom stereocenters. The summed E-state index contributed by atoms with van der Waals surface area (Å²) in [6, 6.07) is 2.24. The highest BCUT2D eigenvalue weighted by molar-refractivity contribution is 5.92. The average Bonchev–Trinajstić information content (AvgIpc) is 2.90. The lowest BCUT2D eigenvalue weighted by molar-refractivity contribution is -0.153. The largest absolute Gasteiger partial charge is 0.417 e. The predicted molar refractivity (Wildman–Crippen MR) is 76.6 cm³/mol. The molecule has 1 aliphatic heterocycles. The molecule has 1 aromatic carbocycles. The van der Waals surface area contributed by atoms with Gasteiger partial charge in [0.05, 0.1) is 28.4 Å². The minimum Gasteiger partial charge on any atom is -0.386 e. The molecule has 0 bridgehead atoms. The first kappa shape index (κ1) is 19.0. The Bertz CT molecular complexity index is 733. The molecule has 11 heteroatoms. The van der Waals surface area contributed by atoms with Gasteiger partial charge in [0.2, 0.25) is 0 Å². The van der Waals surface area contributed by atoms with Gasteiger partial charge in [0.1, 0.15) is 11.9 Å². The van der Waals surface area contributed by atoms with Crippen molar-refractivity contribution in [3.8, 4) is 6.07 Å². The third-order valence-electron chi connectivity index (χ3n) is 3.77. The second kappa shape index (κ2) is 6.20. The molecule has 5 nitrogen and oxygen atoms in total. The fourth-order valence-corrected chi connectivity index (χ4v) is 2.32. The van der Waals surface area contributed by atoms with Crippen molar-refractivity contribution >= 4 is 11.5 Å². The number of hydrazine groups is 1. The fraction of sp³-hybridized carbons (Fsp3) is 0.429. The number of nitrogens with two attached hydrogens (primary N) is 1. The minimum atomic E-state index is -4.77. The first-order valence-electron chi connectivity index (χ1n) is 6.92. The summed E-state index contributed by atoms with van der Waals surface area (Å²) < 4.78 is 77.0. The molecule has 136 valence electrons. The predicted octanol–water partition coefficient (Wildman–Crippen LogP) is 2.75. The number of nitrogens with zero attached hydrogens (tertiary/aromatic N) is 2. The van der Waals surface area contributed by atoms with E-state index in [1.54, 1.807) is 0 Å². The van der Waals surface area contributed by atoms with Crippen molar-refractivity contribution in [1.82, 2.24) is 10.9 Å². The van der Waals surface area contributed by atoms with Gasteiger partial charge in [-0.05, 0) is 31.5 Å². The smallest absolute Gasteiger partial charge is 0.386 e. The van der Waals surface area contributed by atoms with Gasteiger partial charge in [-0.15, -0.1) is 0 Å². The maximum atomic E-state index is 12.9. The topological polar surface area (TPSA) is 86.2 Å². The summed E-state index contributed by atoms with van der Waals surface area (Å²) in [6.07, 6.45) is -9.76. The molecule has 2 rings (SSSR count). The molecule has 25 heavy (non-hydrogen) atoms. The van der Waals surface area contributed by atoms with Crippen LogP contribution in [0, 0.1) is 11.3 Å². The summed E-state index contributed by atoms with van der Waals surface area (Å²) in [5.74, 6) is -0.315. The Balaban J connectivity index is 2.33. The SMILES string of the molecule is CC1(C(N)=Nc2ccc(C#N)c(C(F)(F)F)c2)CC(C(F)(F)F)NN1. The lowest BCUT2D eigenvalue weighted by Gasteiger charge is -2.23. The van der Waals surface area contributed by atoms with Gasteiger partial charge in [-0.25, -0.2) is 15.8 Å². The van der Waals surface area contributed by atoms with Crippen LogP contribution in [0.5, 0.6) is 0 Å². The molecule has 0 spiro atoms. The molecule has 0 aromatic heterocycles. The van der Waals surface area contributed by atoms with Crippen molar-refractivity contribution in [2.45, 2.75) is 37.3 Å². The van der Waals surface area contributed by atoms with E-state index in [2.05, 4.69) is 10.4 Å². The number of alkyl halides is 6. The van der Waals surface area contributed by atoms with Gasteiger partial charge in [-0.1, -0.05) is 0 Å². The summed E-state index contributed by atoms with van der Waals surface area (Å²) in [7, 11) is 0. The summed E-state index contributed by atoms with van der Waals surface area (Å²) in [4.78, 5) is 3.79. The highest BCUT2D eigenvalue weighted by atomic mass is 19.4. The normalized spacial score (nSPS) is 25.0. The van der Waals surface area contributed by atoms with Crippen LogP contribution in [0.4, 0.5) is 32.0 Å². The third kappa shape index (κ3) is 4.02. The number of hydrogen-bond donors (Lipinski definition) is 3. The van der Waals surface area contributed by atoms with Crippen LogP contribution in [0.1, 0.15) is 24.5 Å². The van der Waals surface area contributed by atoms with Crippen molar-refractivity contribution in [2.24, 2.45) is 10.7 Å². The quantitative estimate of drug-likeness (QED) is 0.427. The molecule has 1 saturated heterocycles. The lowest BCUT2D eigenvalue weighted by atomic mass is 9.94. The first-order valence-corrected chi connectivity index (χ1v) is 6.92. The molecule has 4 N–H and O–H groups in total. The van der Waals surface area contributed by atoms with Gasteiger partial charge in [0, 0.05) is 0 Å². The highest BCUT2D eigenvalue weighted by Gasteiger charge is 2.50. The van der Waals surface area contributed by atoms with Crippen LogP contribution in [0.3, 0.4) is 0 Å². The van der Waals surface area contributed by atoms with E-state index in [0.29, 0.717) is 6.07 Å². The van der Waals surface area contributed by atoms with Crippen LogP contribution in [0.25, 0.3) is 0 Å². The van der Waals surface area contributed by atoms with E-state index in [4.69, 9.17) is 11.0 Å². The standard InChI is InChI=1S/C14H13F6N5/c1-12(5-10(24-25-12)14(18,19)20)11(22)23-8-3-2-7(6-21)9(4-8)13(15,16)17/h2-4,10,24-25H,5H2,1H3,(H2,22,23). The highest BCUT2D eigenvalue weighted by Crippen LogP contribution is 2.35. The average molecular weight is 365 g/mol. The Morgan fingerprint density at radius 2 is 1.96 bits per heavy atom. The van der Waals surface area contributed by atoms with Crippen LogP contribution in [-0.4, -0.2) is 23.6 Å². The van der Waals surface area contributed by atoms with E-state index in [9.17, 15) is 26.3 Å². The number of rotatable bonds is 2. The second-order valence-electron chi connectivity index (χ2n) is 5.74. The van der Waals surface area contributed by atoms with Gasteiger partial charge < -0.3 is 5.73 Å². The van der Waals surface area contributed by atoms with Gasteiger partial charge >= 0.3 is 12.4 Å². The van der Waals surface area contributed by atoms with Gasteiger partial charge in [0.25, 0.3) is 0 Å². The number of halogens is 6. The monoisotopic (exact) mass is 365 g/mol. The van der Waals surface area contributed by atoms with Crippen LogP contribution >= 0.6 is 0 Å². The Hall–Kier alpha value is -2.32. The van der Waals surface area contributed by atoms with Crippen molar-refractivity contribution in [3.63, 3.8) is 0 Å². The van der Waals surface area contributed by atoms with E-state index in [-0.39, 0.29) is 11.5 Å². The van der Waals surface area contributed by atoms with Crippen molar-refractivity contribution in [3.05, 3.63) is 29.3 Å². The molecule has 0 saturated carbocycles. The molecule has 2 unspecified atom stereocenters. The Kier molecular flexibility index (Phi) is 4.71. The molecule has 1 heterocycles. The number of aliphatic imine (C=N–C) groups is 1. The zero-order chi connectivity index (χ0) is 19.0. The van der Waals surface area contributed by atoms with E-state index in [1.807, 2.05) is 5.43 Å². The van der Waals surface area contributed by atoms with E-state index >= 15 is 0 Å². The van der Waals surface area contributed by atoms with Crippen LogP contribution in [0.15, 0.2) is 23.2 Å². The van der Waals surface area contributed by atoms with Crippen LogP contribution in [-0.2, 0) is 6.18 Å². The zero-order valence-electron chi connectivity index (χ0n) is 12.8. The Morgan fingerprint density at radius 1 is 1.32 bits per heavy atom. The van der Waals surface area contributed by atoms with Crippen molar-refractivity contribution in [2.75, 3.05) is 0 Å². The number of nitriles is 1. The van der Waals surface area contributed by atoms with E-state index in [0.717, 1.165) is 12.1 Å². The van der Waals surface area contributed by atoms with Crippen molar-refractivity contribution in [1.29, 1.82) is 5.26 Å². The number of benzene rings is 1. The van der Waals surface area contributed by atoms with Crippen LogP contribution in [0.2, 0.25) is 0 Å². The summed E-state index contributed by atoms with van der Waals surface area (Å²) >= 11 is 0. The summed E-state index contributed by atoms with van der Waals surface area (Å²) in [5, 5.41) is 8.74. The number of hydrogen-bond acceptors (Lipinski definition) is 4. The maximum absolute atomic E-state index is 12.9. The van der Waals surface area contributed by atoms with Gasteiger partial charge in [-0.2, -0.15) is 31.6 Å². The Labute approximate surface area is 138 Å². The molecule has 0 aliphatic carbocycles. The van der Waals surface area contributed by atoms with E-state index < -0.39 is 41.5 Å². The van der Waals surface area contributed by atoms with Crippen molar-refractivity contribution < 1.29 is 26.3 Å². The first-order chi connectivity index (χ1) is 11.4. The second-order valence-corrected chi connectivity index (χ2v) is 5.74. The minimum absolute atomic E-state index is 0.220. The molecular formula is C14H13F6N5. The molecule has 1 aromatic rings. The fourth-order valence-electron chi connectivity index (χ4n) is 2.32. The number of amidine groups is 1. The van der Waals surface area contributed by atoms with Crippen LogP contribution < -0.4 is 16.6 Å². The van der Waals surface area contributed by atoms with Gasteiger partial charge in [-0.3, -0.25) is 0 Å². The molecular weight excluding hydrogens is 352 g/mol. The molecule has 1 aliphatic rings. The van der Waals surface area contributed by atoms with Gasteiger partial charge in [0.15, 0.2) is 0 Å². The summed E-state index contributed by atoms with van der Waals surface area (Å²) in [5.41, 5.74) is 6.74. The zero-order valence-corrected chi connectivity index (χ0v) is 12.8. The molecule has 1 fully saturated rings. The van der Waals surface area contributed by atoms with E-state index in [1.165, 1.54) is 13.0 Å². The summed E-state index contributed by atoms with van der Waals surface area (Å²) in [6.45, 7) is 1.35.